The molecule has 0 spiro atoms. The maximum absolute atomic E-state index is 2.46. The van der Waals surface area contributed by atoms with Gasteiger partial charge in [-0.1, -0.05) is 114 Å². The minimum atomic E-state index is 1.13. The van der Waals surface area contributed by atoms with Gasteiger partial charge in [0.1, 0.15) is 0 Å². The van der Waals surface area contributed by atoms with Crippen molar-refractivity contribution >= 4 is 32.3 Å². The number of benzene rings is 6. The van der Waals surface area contributed by atoms with Crippen LogP contribution in [0.5, 0.6) is 0 Å². The van der Waals surface area contributed by atoms with Crippen molar-refractivity contribution in [3.05, 3.63) is 107 Å². The standard InChI is InChI=1S/C40H42/c1-5-11-27-15-9-16-28(12-6-2)37(27)35-23-31-19-21-33-25-36(26-34-22-20-32(24-35)39(31)40(33)34)38-29(13-7-3)17-10-18-30(38)14-8-4/h9-10,15-26H,5-8,11-14H2,1-4H3. The summed E-state index contributed by atoms with van der Waals surface area (Å²) in [4.78, 5) is 0. The average molecular weight is 523 g/mol. The first-order chi connectivity index (χ1) is 19.7. The lowest BCUT2D eigenvalue weighted by Gasteiger charge is -2.19. The van der Waals surface area contributed by atoms with E-state index in [0.29, 0.717) is 0 Å². The van der Waals surface area contributed by atoms with Gasteiger partial charge in [-0.25, -0.2) is 0 Å². The first-order valence-electron chi connectivity index (χ1n) is 15.6. The van der Waals surface area contributed by atoms with Crippen LogP contribution >= 0.6 is 0 Å². The van der Waals surface area contributed by atoms with Crippen molar-refractivity contribution in [2.75, 3.05) is 0 Å². The zero-order chi connectivity index (χ0) is 27.6. The fourth-order valence-corrected chi connectivity index (χ4v) is 7.09. The van der Waals surface area contributed by atoms with E-state index in [4.69, 9.17) is 0 Å². The molecule has 0 aromatic heterocycles. The van der Waals surface area contributed by atoms with Gasteiger partial charge in [0.15, 0.2) is 0 Å². The van der Waals surface area contributed by atoms with Crippen molar-refractivity contribution in [3.8, 4) is 22.3 Å². The van der Waals surface area contributed by atoms with Crippen LogP contribution in [0.2, 0.25) is 0 Å². The lowest BCUT2D eigenvalue weighted by Crippen LogP contribution is -1.98. The molecule has 0 nitrogen and oxygen atoms in total. The predicted molar refractivity (Wildman–Crippen MR) is 177 cm³/mol. The van der Waals surface area contributed by atoms with Crippen LogP contribution < -0.4 is 0 Å². The smallest absolute Gasteiger partial charge is 0.00264 e. The van der Waals surface area contributed by atoms with Crippen LogP contribution in [0.25, 0.3) is 54.6 Å². The van der Waals surface area contributed by atoms with Gasteiger partial charge in [-0.3, -0.25) is 0 Å². The fraction of sp³-hybridized carbons (Fsp3) is 0.300. The van der Waals surface area contributed by atoms with Gasteiger partial charge < -0.3 is 0 Å². The van der Waals surface area contributed by atoms with Crippen LogP contribution in [0.4, 0.5) is 0 Å². The fourth-order valence-electron chi connectivity index (χ4n) is 7.09. The summed E-state index contributed by atoms with van der Waals surface area (Å²) in [6, 6.07) is 33.2. The van der Waals surface area contributed by atoms with Crippen LogP contribution in [-0.4, -0.2) is 0 Å². The molecule has 0 heterocycles. The number of aryl methyl sites for hydroxylation is 4. The lowest BCUT2D eigenvalue weighted by molar-refractivity contribution is 0.899. The molecule has 0 bridgehead atoms. The van der Waals surface area contributed by atoms with Crippen LogP contribution in [0, 0.1) is 0 Å². The highest BCUT2D eigenvalue weighted by Crippen LogP contribution is 2.42. The molecule has 6 aromatic rings. The van der Waals surface area contributed by atoms with Crippen molar-refractivity contribution in [2.24, 2.45) is 0 Å². The molecule has 0 amide bonds. The zero-order valence-corrected chi connectivity index (χ0v) is 24.7. The first kappa shape index (κ1) is 26.6. The summed E-state index contributed by atoms with van der Waals surface area (Å²) in [7, 11) is 0. The van der Waals surface area contributed by atoms with Crippen molar-refractivity contribution in [1.82, 2.24) is 0 Å². The monoisotopic (exact) mass is 522 g/mol. The van der Waals surface area contributed by atoms with Crippen molar-refractivity contribution in [2.45, 2.75) is 79.1 Å². The third-order valence-corrected chi connectivity index (χ3v) is 8.66. The maximum Gasteiger partial charge on any atom is -0.00264 e. The molecule has 0 unspecified atom stereocenters. The van der Waals surface area contributed by atoms with Gasteiger partial charge >= 0.3 is 0 Å². The summed E-state index contributed by atoms with van der Waals surface area (Å²) in [6.45, 7) is 9.15. The highest BCUT2D eigenvalue weighted by atomic mass is 14.2. The highest BCUT2D eigenvalue weighted by molar-refractivity contribution is 6.24. The Bertz CT molecular complexity index is 1540. The SMILES string of the molecule is CCCc1cccc(CCC)c1-c1cc2ccc3cc(-c4c(CCC)cccc4CCC)cc4ccc(c1)c2c34. The van der Waals surface area contributed by atoms with Gasteiger partial charge in [0.05, 0.1) is 0 Å². The Morgan fingerprint density at radius 1 is 0.375 bits per heavy atom. The van der Waals surface area contributed by atoms with Crippen molar-refractivity contribution in [1.29, 1.82) is 0 Å². The van der Waals surface area contributed by atoms with E-state index in [9.17, 15) is 0 Å². The van der Waals surface area contributed by atoms with E-state index in [2.05, 4.69) is 113 Å². The second kappa shape index (κ2) is 11.5. The van der Waals surface area contributed by atoms with Crippen LogP contribution in [0.3, 0.4) is 0 Å². The average Bonchev–Trinajstić information content (AvgIpc) is 2.96. The Morgan fingerprint density at radius 2 is 0.650 bits per heavy atom. The minimum Gasteiger partial charge on any atom is -0.0651 e. The summed E-state index contributed by atoms with van der Waals surface area (Å²) in [6.07, 6.45) is 9.17. The van der Waals surface area contributed by atoms with E-state index in [1.54, 1.807) is 0 Å². The van der Waals surface area contributed by atoms with Gasteiger partial charge in [-0.2, -0.15) is 0 Å². The topological polar surface area (TPSA) is 0 Å². The Hall–Kier alpha value is -3.64. The summed E-state index contributed by atoms with van der Waals surface area (Å²) in [5.41, 5.74) is 11.6. The van der Waals surface area contributed by atoms with Crippen molar-refractivity contribution in [3.63, 3.8) is 0 Å². The third-order valence-electron chi connectivity index (χ3n) is 8.66. The first-order valence-corrected chi connectivity index (χ1v) is 15.6. The quantitative estimate of drug-likeness (QED) is 0.157. The molecule has 202 valence electrons. The molecule has 0 fully saturated rings. The highest BCUT2D eigenvalue weighted by Gasteiger charge is 2.17. The summed E-state index contributed by atoms with van der Waals surface area (Å²) in [5.74, 6) is 0. The molecule has 0 saturated carbocycles. The van der Waals surface area contributed by atoms with E-state index >= 15 is 0 Å². The molecule has 0 heteroatoms. The molecule has 0 saturated heterocycles. The van der Waals surface area contributed by atoms with E-state index in [-0.39, 0.29) is 0 Å². The maximum atomic E-state index is 2.46. The van der Waals surface area contributed by atoms with Crippen LogP contribution in [0.1, 0.15) is 75.6 Å². The molecule has 0 N–H and O–H groups in total. The normalized spacial score (nSPS) is 11.8. The molecule has 0 aliphatic carbocycles. The molecule has 0 aliphatic rings. The Labute approximate surface area is 240 Å². The van der Waals surface area contributed by atoms with Crippen molar-refractivity contribution < 1.29 is 0 Å². The van der Waals surface area contributed by atoms with Crippen LogP contribution in [-0.2, 0) is 25.7 Å². The largest absolute Gasteiger partial charge is 0.0651 e. The van der Waals surface area contributed by atoms with E-state index in [1.165, 1.54) is 103 Å². The van der Waals surface area contributed by atoms with Gasteiger partial charge in [0.2, 0.25) is 0 Å². The molecule has 6 aromatic carbocycles. The summed E-state index contributed by atoms with van der Waals surface area (Å²) in [5, 5.41) is 8.22. The lowest BCUT2D eigenvalue weighted by atomic mass is 9.85. The Balaban J connectivity index is 1.56. The number of rotatable bonds is 10. The summed E-state index contributed by atoms with van der Waals surface area (Å²) < 4.78 is 0. The number of hydrogen-bond donors (Lipinski definition) is 0. The minimum absolute atomic E-state index is 1.13. The van der Waals surface area contributed by atoms with Gasteiger partial charge in [-0.05, 0) is 127 Å². The van der Waals surface area contributed by atoms with Gasteiger partial charge in [0, 0.05) is 0 Å². The predicted octanol–water partition coefficient (Wildman–Crippen LogP) is 11.7. The molecular formula is C40H42. The molecular weight excluding hydrogens is 480 g/mol. The van der Waals surface area contributed by atoms with Gasteiger partial charge in [-0.15, -0.1) is 0 Å². The molecule has 40 heavy (non-hydrogen) atoms. The molecule has 0 atom stereocenters. The Morgan fingerprint density at radius 3 is 0.900 bits per heavy atom. The van der Waals surface area contributed by atoms with Gasteiger partial charge in [0.25, 0.3) is 0 Å². The van der Waals surface area contributed by atoms with E-state index in [0.717, 1.165) is 25.7 Å². The second-order valence-electron chi connectivity index (χ2n) is 11.6. The van der Waals surface area contributed by atoms with Crippen LogP contribution in [0.15, 0.2) is 84.9 Å². The number of hydrogen-bond acceptors (Lipinski definition) is 0. The molecule has 0 radical (unpaired) electrons. The third kappa shape index (κ3) is 4.68. The second-order valence-corrected chi connectivity index (χ2v) is 11.6. The molecule has 0 aliphatic heterocycles. The Kier molecular flexibility index (Phi) is 7.61. The zero-order valence-electron chi connectivity index (χ0n) is 24.7. The van der Waals surface area contributed by atoms with E-state index in [1.807, 2.05) is 0 Å². The molecule has 6 rings (SSSR count). The van der Waals surface area contributed by atoms with E-state index < -0.39 is 0 Å². The summed E-state index contributed by atoms with van der Waals surface area (Å²) >= 11 is 0.